The molecule has 5 atom stereocenters. The molecule has 4 heterocycles. The lowest BCUT2D eigenvalue weighted by molar-refractivity contribution is -0.141. The van der Waals surface area contributed by atoms with E-state index in [2.05, 4.69) is 15.4 Å². The second-order valence-corrected chi connectivity index (χ2v) is 20.5. The summed E-state index contributed by atoms with van der Waals surface area (Å²) in [5.74, 6) is -6.63. The maximum Gasteiger partial charge on any atom is 0.408 e. The van der Waals surface area contributed by atoms with Crippen molar-refractivity contribution in [3.05, 3.63) is 41.6 Å². The molecule has 2 aromatic rings. The average Bonchev–Trinajstić information content (AvgIpc) is 3.98. The number of fused-ring (bicyclic) bond motifs is 5. The van der Waals surface area contributed by atoms with Gasteiger partial charge in [-0.05, 0) is 95.2 Å². The fourth-order valence-corrected chi connectivity index (χ4v) is 10.8. The number of aromatic nitrogens is 1. The lowest BCUT2D eigenvalue weighted by Crippen LogP contribution is -2.58. The summed E-state index contributed by atoms with van der Waals surface area (Å²) in [6.07, 6.45) is 8.20. The largest absolute Gasteiger partial charge is 0.497 e. The van der Waals surface area contributed by atoms with Gasteiger partial charge in [-0.25, -0.2) is 27.0 Å². The summed E-state index contributed by atoms with van der Waals surface area (Å²) in [5, 5.41) is 5.70. The number of amides is 4. The average molecular weight is 856 g/mol. The van der Waals surface area contributed by atoms with Crippen LogP contribution in [0.15, 0.2) is 30.4 Å². The highest BCUT2D eigenvalue weighted by Gasteiger charge is 2.65. The van der Waals surface area contributed by atoms with Gasteiger partial charge in [0.05, 0.1) is 41.6 Å². The zero-order chi connectivity index (χ0) is 42.8. The van der Waals surface area contributed by atoms with Gasteiger partial charge in [0.2, 0.25) is 21.8 Å². The van der Waals surface area contributed by atoms with Crippen molar-refractivity contribution in [3.63, 3.8) is 0 Å². The second kappa shape index (κ2) is 15.4. The van der Waals surface area contributed by atoms with Crippen LogP contribution in [0.4, 0.5) is 13.6 Å². The summed E-state index contributed by atoms with van der Waals surface area (Å²) >= 11 is 0. The van der Waals surface area contributed by atoms with E-state index in [1.54, 1.807) is 25.1 Å². The number of rotatable bonds is 7. The van der Waals surface area contributed by atoms with E-state index in [1.165, 1.54) is 18.1 Å². The lowest BCUT2D eigenvalue weighted by Gasteiger charge is -2.41. The molecule has 4 amide bonds. The number of hydrogen-bond acceptors (Lipinski definition) is 10. The number of pyridine rings is 1. The first-order valence-corrected chi connectivity index (χ1v) is 22.8. The van der Waals surface area contributed by atoms with Crippen LogP contribution in [0, 0.1) is 5.92 Å². The van der Waals surface area contributed by atoms with E-state index in [0.717, 1.165) is 19.3 Å². The van der Waals surface area contributed by atoms with Crippen LogP contribution in [0.2, 0.25) is 0 Å². The van der Waals surface area contributed by atoms with Crippen molar-refractivity contribution < 1.29 is 50.6 Å². The SMILES string of the molecule is COc1ccc2nc(C(C)C)c3c(c2c1)C(F)(F)C[C@]1(C[C@H]2C(=O)N[C@]4(C(=O)NS(=O)(=O)C5(C)CC5)CC4/C=C\CCCCC[C@H](NC(=O)OC4CCCC4)C(=O)N2C1)O3. The summed E-state index contributed by atoms with van der Waals surface area (Å²) in [6.45, 7) is 4.72. The van der Waals surface area contributed by atoms with Crippen molar-refractivity contribution in [2.24, 2.45) is 5.92 Å². The maximum absolute atomic E-state index is 17.1. The van der Waals surface area contributed by atoms with Gasteiger partial charge in [0.1, 0.15) is 35.1 Å². The van der Waals surface area contributed by atoms with E-state index in [9.17, 15) is 27.6 Å². The molecule has 17 heteroatoms. The molecule has 326 valence electrons. The Morgan fingerprint density at radius 2 is 1.78 bits per heavy atom. The number of alkyl halides is 2. The van der Waals surface area contributed by atoms with Crippen LogP contribution in [-0.4, -0.2) is 89.8 Å². The molecule has 0 bridgehead atoms. The summed E-state index contributed by atoms with van der Waals surface area (Å²) in [6, 6.07) is 2.14. The zero-order valence-electron chi connectivity index (χ0n) is 34.6. The lowest BCUT2D eigenvalue weighted by atomic mass is 9.83. The van der Waals surface area contributed by atoms with E-state index in [-0.39, 0.29) is 53.7 Å². The third-order valence-corrected chi connectivity index (χ3v) is 15.6. The molecular formula is C43H55F2N5O9S. The Morgan fingerprint density at radius 3 is 2.48 bits per heavy atom. The van der Waals surface area contributed by atoms with E-state index >= 15 is 8.78 Å². The molecule has 1 spiro atoms. The Kier molecular flexibility index (Phi) is 10.8. The minimum atomic E-state index is -4.09. The van der Waals surface area contributed by atoms with Gasteiger partial charge in [-0.3, -0.25) is 19.1 Å². The van der Waals surface area contributed by atoms with Gasteiger partial charge >= 0.3 is 6.09 Å². The number of halogens is 2. The number of ether oxygens (including phenoxy) is 3. The Morgan fingerprint density at radius 1 is 1.05 bits per heavy atom. The van der Waals surface area contributed by atoms with Gasteiger partial charge in [0.15, 0.2) is 5.75 Å². The molecule has 6 aliphatic rings. The number of nitrogens with zero attached hydrogens (tertiary/aromatic N) is 2. The molecule has 3 aliphatic carbocycles. The first-order valence-electron chi connectivity index (χ1n) is 21.3. The highest BCUT2D eigenvalue weighted by Crippen LogP contribution is 2.56. The fourth-order valence-electron chi connectivity index (χ4n) is 9.49. The molecule has 1 saturated heterocycles. The zero-order valence-corrected chi connectivity index (χ0v) is 35.4. The van der Waals surface area contributed by atoms with E-state index in [1.807, 2.05) is 19.9 Å². The monoisotopic (exact) mass is 855 g/mol. The van der Waals surface area contributed by atoms with Crippen molar-refractivity contribution in [3.8, 4) is 11.5 Å². The van der Waals surface area contributed by atoms with Crippen LogP contribution in [0.5, 0.6) is 11.5 Å². The van der Waals surface area contributed by atoms with Crippen LogP contribution in [0.3, 0.4) is 0 Å². The molecule has 4 fully saturated rings. The third-order valence-electron chi connectivity index (χ3n) is 13.4. The Labute approximate surface area is 349 Å². The molecule has 0 radical (unpaired) electrons. The molecule has 14 nitrogen and oxygen atoms in total. The molecule has 1 unspecified atom stereocenters. The van der Waals surface area contributed by atoms with Crippen LogP contribution in [-0.2, 0) is 35.1 Å². The standard InChI is InChI=1S/C43H55F2N5O9S/c1-25(2)34-35-33(29-20-28(57-4)16-17-30(29)46-34)43(44,45)23-41(59-35)22-32-36(51)48-42(38(53)49-60(55,56)40(3)18-19-40)21-26(42)12-8-6-5-7-9-15-31(37(52)50(32)24-41)47-39(54)58-27-13-10-11-14-27/h8,12,16-17,20,25-27,31-32H,5-7,9-11,13-15,18-19,21-24H2,1-4H3,(H,47,54)(H,48,51)(H,49,53)/b12-8-/t26?,31-,32-,41-,42+/m0/s1. The molecule has 1 aromatic heterocycles. The minimum Gasteiger partial charge on any atom is -0.497 e. The maximum atomic E-state index is 17.1. The van der Waals surface area contributed by atoms with Crippen LogP contribution in [0.1, 0.15) is 128 Å². The summed E-state index contributed by atoms with van der Waals surface area (Å²) < 4.78 is 79.6. The van der Waals surface area contributed by atoms with E-state index < -0.39 is 86.6 Å². The van der Waals surface area contributed by atoms with E-state index in [4.69, 9.17) is 19.2 Å². The molecular weight excluding hydrogens is 801 g/mol. The van der Waals surface area contributed by atoms with Crippen molar-refractivity contribution >= 4 is 44.7 Å². The number of carbonyl (C=O) groups excluding carboxylic acids is 4. The molecule has 8 rings (SSSR count). The van der Waals surface area contributed by atoms with Crippen molar-refractivity contribution in [1.29, 1.82) is 0 Å². The Hall–Kier alpha value is -4.54. The quantitative estimate of drug-likeness (QED) is 0.279. The van der Waals surface area contributed by atoms with Crippen LogP contribution in [0.25, 0.3) is 10.9 Å². The fraction of sp³-hybridized carbons (Fsp3) is 0.651. The Bertz CT molecular complexity index is 2230. The van der Waals surface area contributed by atoms with Gasteiger partial charge in [-0.15, -0.1) is 0 Å². The summed E-state index contributed by atoms with van der Waals surface area (Å²) in [4.78, 5) is 62.9. The van der Waals surface area contributed by atoms with Crippen molar-refractivity contribution in [2.45, 2.75) is 157 Å². The molecule has 3 N–H and O–H groups in total. The first kappa shape index (κ1) is 42.2. The number of benzene rings is 1. The van der Waals surface area contributed by atoms with Gasteiger partial charge in [0.25, 0.3) is 11.8 Å². The van der Waals surface area contributed by atoms with Crippen molar-refractivity contribution in [2.75, 3.05) is 13.7 Å². The van der Waals surface area contributed by atoms with Gasteiger partial charge in [0, 0.05) is 17.7 Å². The number of carbonyl (C=O) groups is 4. The predicted octanol–water partition coefficient (Wildman–Crippen LogP) is 6.01. The van der Waals surface area contributed by atoms with Gasteiger partial charge in [-0.2, -0.15) is 0 Å². The molecule has 3 saturated carbocycles. The van der Waals surface area contributed by atoms with Gasteiger partial charge < -0.3 is 29.7 Å². The normalized spacial score (nSPS) is 30.5. The first-order chi connectivity index (χ1) is 28.4. The topological polar surface area (TPSA) is 182 Å². The third kappa shape index (κ3) is 7.79. The molecule has 3 aliphatic heterocycles. The molecule has 1 aromatic carbocycles. The Balaban J connectivity index is 1.18. The number of nitrogens with one attached hydrogen (secondary N) is 3. The number of hydrogen-bond donors (Lipinski definition) is 3. The second-order valence-electron chi connectivity index (χ2n) is 18.3. The number of allylic oxidation sites excluding steroid dienone is 1. The van der Waals surface area contributed by atoms with Crippen LogP contribution < -0.4 is 24.8 Å². The van der Waals surface area contributed by atoms with Gasteiger partial charge in [-0.1, -0.05) is 38.8 Å². The predicted molar refractivity (Wildman–Crippen MR) is 216 cm³/mol. The highest BCUT2D eigenvalue weighted by atomic mass is 32.2. The minimum absolute atomic E-state index is 0.0954. The summed E-state index contributed by atoms with van der Waals surface area (Å²) in [5.41, 5.74) is -3.22. The highest BCUT2D eigenvalue weighted by molar-refractivity contribution is 7.91. The summed E-state index contributed by atoms with van der Waals surface area (Å²) in [7, 11) is -2.65. The van der Waals surface area contributed by atoms with E-state index in [0.29, 0.717) is 56.2 Å². The smallest absolute Gasteiger partial charge is 0.408 e. The van der Waals surface area contributed by atoms with Crippen LogP contribution >= 0.6 is 0 Å². The number of sulfonamides is 1. The number of methoxy groups -OCH3 is 1. The number of alkyl carbamates (subject to hydrolysis) is 1. The van der Waals surface area contributed by atoms with Crippen molar-refractivity contribution in [1.82, 2.24) is 25.2 Å². The molecule has 60 heavy (non-hydrogen) atoms.